The highest BCUT2D eigenvalue weighted by Crippen LogP contribution is 2.34. The maximum atomic E-state index is 9.70. The summed E-state index contributed by atoms with van der Waals surface area (Å²) < 4.78 is 13.6. The third kappa shape index (κ3) is 9.44. The lowest BCUT2D eigenvalue weighted by Crippen LogP contribution is -1.84. The monoisotopic (exact) mass is 142 g/mol. The highest BCUT2D eigenvalue weighted by Gasteiger charge is 2.10. The van der Waals surface area contributed by atoms with Crippen LogP contribution in [0, 0.1) is 0 Å². The van der Waals surface area contributed by atoms with Gasteiger partial charge in [0, 0.05) is 0 Å². The lowest BCUT2D eigenvalue weighted by atomic mass is 10.9. The Labute approximate surface area is 48.7 Å². The molecule has 0 aromatic carbocycles. The van der Waals surface area contributed by atoms with Gasteiger partial charge in [-0.3, -0.25) is 4.52 Å². The predicted octanol–water partition coefficient (Wildman–Crippen LogP) is 0.752. The molecule has 0 amide bonds. The van der Waals surface area contributed by atoms with E-state index in [9.17, 15) is 4.57 Å². The fourth-order valence-corrected chi connectivity index (χ4v) is 0.505. The minimum absolute atomic E-state index is 0. The summed E-state index contributed by atoms with van der Waals surface area (Å²) in [7, 11) is -4.17. The van der Waals surface area contributed by atoms with Crippen LogP contribution in [0.15, 0.2) is 0 Å². The third-order valence-electron chi connectivity index (χ3n) is 0.297. The van der Waals surface area contributed by atoms with Gasteiger partial charge < -0.3 is 9.79 Å². The summed E-state index contributed by atoms with van der Waals surface area (Å²) in [4.78, 5) is 15.8. The maximum absolute atomic E-state index is 9.70. The Balaban J connectivity index is 0. The van der Waals surface area contributed by atoms with Crippen LogP contribution in [0.3, 0.4) is 0 Å². The van der Waals surface area contributed by atoms with Crippen molar-refractivity contribution < 1.29 is 18.9 Å². The van der Waals surface area contributed by atoms with Crippen LogP contribution in [0.5, 0.6) is 0 Å². The Morgan fingerprint density at radius 1 is 1.62 bits per heavy atom. The van der Waals surface area contributed by atoms with E-state index in [1.165, 1.54) is 6.92 Å². The van der Waals surface area contributed by atoms with Gasteiger partial charge in [-0.2, -0.15) is 0 Å². The number of phosphoric acid groups is 1. The molecule has 0 rings (SSSR count). The summed E-state index contributed by atoms with van der Waals surface area (Å²) in [6, 6.07) is 0. The van der Waals surface area contributed by atoms with E-state index in [4.69, 9.17) is 9.79 Å². The summed E-state index contributed by atoms with van der Waals surface area (Å²) >= 11 is 0. The minimum atomic E-state index is -4.17. The van der Waals surface area contributed by atoms with Crippen molar-refractivity contribution in [2.45, 2.75) is 14.4 Å². The normalized spacial score (nSPS) is 10.4. The third-order valence-corrected chi connectivity index (χ3v) is 0.892. The molecular formula is C3H11O4P. The van der Waals surface area contributed by atoms with Crippen LogP contribution in [0.2, 0.25) is 0 Å². The highest BCUT2D eigenvalue weighted by atomic mass is 31.2. The van der Waals surface area contributed by atoms with Crippen molar-refractivity contribution in [3.05, 3.63) is 0 Å². The molecule has 5 heteroatoms. The van der Waals surface area contributed by atoms with Crippen molar-refractivity contribution in [1.82, 2.24) is 0 Å². The molecule has 0 saturated carbocycles. The molecule has 0 aliphatic heterocycles. The average Bonchev–Trinajstić information content (AvgIpc) is 1.30. The molecule has 0 heterocycles. The fourth-order valence-electron chi connectivity index (χ4n) is 0.168. The first kappa shape index (κ1) is 11.0. The molecule has 0 aliphatic rings. The van der Waals surface area contributed by atoms with Crippen LogP contribution in [-0.4, -0.2) is 16.4 Å². The molecule has 0 aromatic heterocycles. The quantitative estimate of drug-likeness (QED) is 0.558. The molecule has 0 saturated heterocycles. The molecule has 0 atom stereocenters. The van der Waals surface area contributed by atoms with E-state index in [0.29, 0.717) is 0 Å². The molecule has 4 nitrogen and oxygen atoms in total. The van der Waals surface area contributed by atoms with Gasteiger partial charge in [-0.05, 0) is 6.92 Å². The number of rotatable bonds is 2. The van der Waals surface area contributed by atoms with Gasteiger partial charge in [0.15, 0.2) is 0 Å². The molecule has 0 aromatic rings. The van der Waals surface area contributed by atoms with E-state index in [2.05, 4.69) is 4.52 Å². The van der Waals surface area contributed by atoms with Crippen molar-refractivity contribution >= 4 is 7.82 Å². The Morgan fingerprint density at radius 3 is 2.00 bits per heavy atom. The van der Waals surface area contributed by atoms with E-state index in [1.807, 2.05) is 0 Å². The van der Waals surface area contributed by atoms with Gasteiger partial charge >= 0.3 is 7.82 Å². The Kier molecular flexibility index (Phi) is 5.54. The highest BCUT2D eigenvalue weighted by molar-refractivity contribution is 7.46. The Hall–Kier alpha value is 0.110. The minimum Gasteiger partial charge on any atom is -0.303 e. The van der Waals surface area contributed by atoms with Crippen LogP contribution in [-0.2, 0) is 9.09 Å². The average molecular weight is 142 g/mol. The topological polar surface area (TPSA) is 66.8 Å². The van der Waals surface area contributed by atoms with Crippen molar-refractivity contribution in [1.29, 1.82) is 0 Å². The van der Waals surface area contributed by atoms with Crippen molar-refractivity contribution in [3.63, 3.8) is 0 Å². The predicted molar refractivity (Wildman–Crippen MR) is 30.4 cm³/mol. The lowest BCUT2D eigenvalue weighted by molar-refractivity contribution is 0.206. The molecule has 8 heavy (non-hydrogen) atoms. The van der Waals surface area contributed by atoms with E-state index < -0.39 is 7.82 Å². The SMILES string of the molecule is C.CCOP(=O)(O)O. The van der Waals surface area contributed by atoms with Gasteiger partial charge in [0.05, 0.1) is 6.61 Å². The van der Waals surface area contributed by atoms with E-state index in [1.54, 1.807) is 0 Å². The molecule has 0 fully saturated rings. The molecule has 0 radical (unpaired) electrons. The van der Waals surface area contributed by atoms with Crippen LogP contribution in [0.25, 0.3) is 0 Å². The molecule has 0 spiro atoms. The second-order valence-electron chi connectivity index (χ2n) is 0.908. The zero-order valence-corrected chi connectivity index (χ0v) is 4.76. The maximum Gasteiger partial charge on any atom is 0.469 e. The smallest absolute Gasteiger partial charge is 0.303 e. The van der Waals surface area contributed by atoms with Gasteiger partial charge in [0.25, 0.3) is 0 Å². The molecule has 0 aliphatic carbocycles. The second kappa shape index (κ2) is 4.04. The summed E-state index contributed by atoms with van der Waals surface area (Å²) in [5.41, 5.74) is 0. The molecule has 0 unspecified atom stereocenters. The van der Waals surface area contributed by atoms with Gasteiger partial charge in [-0.1, -0.05) is 7.43 Å². The van der Waals surface area contributed by atoms with Crippen LogP contribution in [0.1, 0.15) is 14.4 Å². The number of hydrogen-bond donors (Lipinski definition) is 2. The fraction of sp³-hybridized carbons (Fsp3) is 1.00. The van der Waals surface area contributed by atoms with Crippen LogP contribution in [0.4, 0.5) is 0 Å². The van der Waals surface area contributed by atoms with E-state index in [-0.39, 0.29) is 14.0 Å². The summed E-state index contributed by atoms with van der Waals surface area (Å²) in [5.74, 6) is 0. The van der Waals surface area contributed by atoms with Crippen molar-refractivity contribution in [2.75, 3.05) is 6.61 Å². The number of hydrogen-bond acceptors (Lipinski definition) is 2. The summed E-state index contributed by atoms with van der Waals surface area (Å²) in [5, 5.41) is 0. The first-order valence-electron chi connectivity index (χ1n) is 1.76. The summed E-state index contributed by atoms with van der Waals surface area (Å²) in [6.07, 6.45) is 0. The first-order valence-corrected chi connectivity index (χ1v) is 3.29. The zero-order valence-electron chi connectivity index (χ0n) is 3.87. The lowest BCUT2D eigenvalue weighted by Gasteiger charge is -1.98. The molecule has 2 N–H and O–H groups in total. The van der Waals surface area contributed by atoms with Crippen LogP contribution < -0.4 is 0 Å². The first-order chi connectivity index (χ1) is 3.06. The van der Waals surface area contributed by atoms with Crippen LogP contribution >= 0.6 is 7.82 Å². The van der Waals surface area contributed by atoms with Gasteiger partial charge in [-0.15, -0.1) is 0 Å². The van der Waals surface area contributed by atoms with E-state index >= 15 is 0 Å². The molecular weight excluding hydrogens is 131 g/mol. The van der Waals surface area contributed by atoms with Gasteiger partial charge in [0.2, 0.25) is 0 Å². The van der Waals surface area contributed by atoms with E-state index in [0.717, 1.165) is 0 Å². The standard InChI is InChI=1S/C2H7O4P.CH4/c1-2-6-7(3,4)5;/h2H2,1H3,(H2,3,4,5);1H4. The van der Waals surface area contributed by atoms with Crippen molar-refractivity contribution in [3.8, 4) is 0 Å². The zero-order chi connectivity index (χ0) is 5.91. The molecule has 0 bridgehead atoms. The van der Waals surface area contributed by atoms with Gasteiger partial charge in [-0.25, -0.2) is 4.57 Å². The Morgan fingerprint density at radius 2 is 2.00 bits per heavy atom. The Bertz CT molecular complexity index is 85.3. The largest absolute Gasteiger partial charge is 0.469 e. The summed E-state index contributed by atoms with van der Waals surface area (Å²) in [6.45, 7) is 1.56. The second-order valence-corrected chi connectivity index (χ2v) is 2.15. The number of phosphoric ester groups is 1. The van der Waals surface area contributed by atoms with Crippen molar-refractivity contribution in [2.24, 2.45) is 0 Å². The molecule has 52 valence electrons. The van der Waals surface area contributed by atoms with Gasteiger partial charge in [0.1, 0.15) is 0 Å².